The highest BCUT2D eigenvalue weighted by molar-refractivity contribution is 4.78. The number of rotatable bonds is 9. The molecule has 1 fully saturated rings. The lowest BCUT2D eigenvalue weighted by molar-refractivity contribution is -0.00688. The third-order valence-corrected chi connectivity index (χ3v) is 4.99. The minimum atomic E-state index is 0.520. The van der Waals surface area contributed by atoms with Gasteiger partial charge in [-0.3, -0.25) is 0 Å². The molecule has 2 atom stereocenters. The van der Waals surface area contributed by atoms with Crippen LogP contribution in [0.3, 0.4) is 0 Å². The Labute approximate surface area is 127 Å². The van der Waals surface area contributed by atoms with Gasteiger partial charge in [-0.15, -0.1) is 0 Å². The van der Waals surface area contributed by atoms with Crippen molar-refractivity contribution in [3.63, 3.8) is 0 Å². The Hall–Kier alpha value is -0.0800. The fourth-order valence-electron chi connectivity index (χ4n) is 3.19. The fourth-order valence-corrected chi connectivity index (χ4v) is 3.19. The van der Waals surface area contributed by atoms with Gasteiger partial charge in [0.05, 0.1) is 6.10 Å². The Morgan fingerprint density at radius 1 is 1.05 bits per heavy atom. The van der Waals surface area contributed by atoms with Crippen LogP contribution in [-0.4, -0.2) is 36.7 Å². The van der Waals surface area contributed by atoms with Crippen molar-refractivity contribution in [1.82, 2.24) is 4.90 Å². The maximum absolute atomic E-state index is 6.07. The van der Waals surface area contributed by atoms with E-state index in [0.717, 1.165) is 18.4 Å². The third kappa shape index (κ3) is 6.58. The van der Waals surface area contributed by atoms with Crippen LogP contribution in [0.2, 0.25) is 0 Å². The lowest BCUT2D eigenvalue weighted by Gasteiger charge is -2.37. The first kappa shape index (κ1) is 18.0. The molecule has 1 rings (SSSR count). The number of nitrogens with zero attached hydrogens (tertiary/aromatic N) is 1. The summed E-state index contributed by atoms with van der Waals surface area (Å²) in [4.78, 5) is 2.63. The molecule has 0 spiro atoms. The molecule has 0 bridgehead atoms. The van der Waals surface area contributed by atoms with Crippen LogP contribution < -0.4 is 0 Å². The van der Waals surface area contributed by atoms with E-state index in [2.05, 4.69) is 39.5 Å². The minimum Gasteiger partial charge on any atom is -0.378 e. The highest BCUT2D eigenvalue weighted by atomic mass is 16.5. The molecule has 0 aliphatic carbocycles. The monoisotopic (exact) mass is 283 g/mol. The van der Waals surface area contributed by atoms with Crippen LogP contribution in [0, 0.1) is 11.8 Å². The lowest BCUT2D eigenvalue weighted by Crippen LogP contribution is -2.44. The first-order chi connectivity index (χ1) is 9.54. The summed E-state index contributed by atoms with van der Waals surface area (Å²) in [7, 11) is 0. The van der Waals surface area contributed by atoms with Crippen LogP contribution in [0.15, 0.2) is 0 Å². The zero-order valence-corrected chi connectivity index (χ0v) is 14.5. The summed E-state index contributed by atoms with van der Waals surface area (Å²) >= 11 is 0. The molecule has 1 unspecified atom stereocenters. The molecule has 0 aromatic rings. The van der Waals surface area contributed by atoms with Gasteiger partial charge in [0.15, 0.2) is 0 Å². The molecule has 2 nitrogen and oxygen atoms in total. The zero-order chi connectivity index (χ0) is 15.0. The first-order valence-corrected chi connectivity index (χ1v) is 8.90. The molecule has 0 aromatic carbocycles. The maximum Gasteiger partial charge on any atom is 0.0599 e. The lowest BCUT2D eigenvalue weighted by atomic mass is 9.99. The molecule has 2 heteroatoms. The quantitative estimate of drug-likeness (QED) is 0.567. The summed E-state index contributed by atoms with van der Waals surface area (Å²) in [6.45, 7) is 15.1. The van der Waals surface area contributed by atoms with E-state index in [4.69, 9.17) is 4.74 Å². The predicted octanol–water partition coefficient (Wildman–Crippen LogP) is 4.73. The van der Waals surface area contributed by atoms with E-state index in [1.807, 2.05) is 0 Å². The summed E-state index contributed by atoms with van der Waals surface area (Å²) < 4.78 is 6.07. The number of ether oxygens (including phenoxy) is 1. The van der Waals surface area contributed by atoms with Crippen LogP contribution >= 0.6 is 0 Å². The standard InChI is InChI=1S/C18H37NO/c1-6-8-16(4)9-7-14-20-18-10-12-19(13-11-18)17(5)15(2)3/h15-18H,6-14H2,1-5H3/t16?,17-/m0/s1. The Balaban J connectivity index is 2.08. The average molecular weight is 284 g/mol. The second-order valence-electron chi connectivity index (χ2n) is 7.13. The summed E-state index contributed by atoms with van der Waals surface area (Å²) in [5.74, 6) is 1.63. The van der Waals surface area contributed by atoms with E-state index < -0.39 is 0 Å². The van der Waals surface area contributed by atoms with Gasteiger partial charge in [-0.1, -0.05) is 40.5 Å². The van der Waals surface area contributed by atoms with Crippen molar-refractivity contribution >= 4 is 0 Å². The van der Waals surface area contributed by atoms with E-state index in [1.165, 1.54) is 51.6 Å². The topological polar surface area (TPSA) is 12.5 Å². The summed E-state index contributed by atoms with van der Waals surface area (Å²) in [6.07, 6.45) is 8.22. The molecular weight excluding hydrogens is 246 g/mol. The highest BCUT2D eigenvalue weighted by Crippen LogP contribution is 2.20. The Kier molecular flexibility index (Phi) is 8.79. The first-order valence-electron chi connectivity index (χ1n) is 8.90. The van der Waals surface area contributed by atoms with Crippen molar-refractivity contribution in [2.75, 3.05) is 19.7 Å². The van der Waals surface area contributed by atoms with E-state index in [1.54, 1.807) is 0 Å². The summed E-state index contributed by atoms with van der Waals surface area (Å²) in [6, 6.07) is 0.714. The Bertz CT molecular complexity index is 234. The van der Waals surface area contributed by atoms with Gasteiger partial charge >= 0.3 is 0 Å². The maximum atomic E-state index is 6.07. The van der Waals surface area contributed by atoms with Gasteiger partial charge < -0.3 is 9.64 Å². The van der Waals surface area contributed by atoms with E-state index in [-0.39, 0.29) is 0 Å². The second kappa shape index (κ2) is 9.78. The van der Waals surface area contributed by atoms with E-state index in [9.17, 15) is 0 Å². The van der Waals surface area contributed by atoms with Gasteiger partial charge in [0.2, 0.25) is 0 Å². The molecule has 120 valence electrons. The molecule has 0 N–H and O–H groups in total. The molecule has 1 saturated heterocycles. The molecule has 1 heterocycles. The summed E-state index contributed by atoms with van der Waals surface area (Å²) in [5, 5.41) is 0. The van der Waals surface area contributed by atoms with Gasteiger partial charge in [0.1, 0.15) is 0 Å². The smallest absolute Gasteiger partial charge is 0.0599 e. The molecule has 0 amide bonds. The Morgan fingerprint density at radius 3 is 2.25 bits per heavy atom. The highest BCUT2D eigenvalue weighted by Gasteiger charge is 2.24. The summed E-state index contributed by atoms with van der Waals surface area (Å²) in [5.41, 5.74) is 0. The average Bonchev–Trinajstić information content (AvgIpc) is 2.43. The van der Waals surface area contributed by atoms with Crippen molar-refractivity contribution in [3.8, 4) is 0 Å². The predicted molar refractivity (Wildman–Crippen MR) is 88.2 cm³/mol. The minimum absolute atomic E-state index is 0.520. The SMILES string of the molecule is CCCC(C)CCCOC1CCN([C@@H](C)C(C)C)CC1. The van der Waals surface area contributed by atoms with Crippen molar-refractivity contribution in [3.05, 3.63) is 0 Å². The molecular formula is C18H37NO. The van der Waals surface area contributed by atoms with Gasteiger partial charge in [-0.2, -0.15) is 0 Å². The van der Waals surface area contributed by atoms with Gasteiger partial charge in [0.25, 0.3) is 0 Å². The van der Waals surface area contributed by atoms with Crippen LogP contribution in [0.4, 0.5) is 0 Å². The van der Waals surface area contributed by atoms with Gasteiger partial charge in [0, 0.05) is 25.7 Å². The normalized spacial score (nSPS) is 21.3. The van der Waals surface area contributed by atoms with Gasteiger partial charge in [-0.25, -0.2) is 0 Å². The zero-order valence-electron chi connectivity index (χ0n) is 14.5. The van der Waals surface area contributed by atoms with Crippen molar-refractivity contribution in [1.29, 1.82) is 0 Å². The fraction of sp³-hybridized carbons (Fsp3) is 1.00. The molecule has 1 aliphatic heterocycles. The Morgan fingerprint density at radius 2 is 1.70 bits per heavy atom. The number of hydrogen-bond acceptors (Lipinski definition) is 2. The second-order valence-corrected chi connectivity index (χ2v) is 7.13. The van der Waals surface area contributed by atoms with E-state index >= 15 is 0 Å². The van der Waals surface area contributed by atoms with E-state index in [0.29, 0.717) is 12.1 Å². The number of hydrogen-bond donors (Lipinski definition) is 0. The number of piperidine rings is 1. The molecule has 1 aliphatic rings. The molecule has 0 radical (unpaired) electrons. The third-order valence-electron chi connectivity index (χ3n) is 4.99. The van der Waals surface area contributed by atoms with Crippen molar-refractivity contribution in [2.45, 2.75) is 85.3 Å². The van der Waals surface area contributed by atoms with Crippen LogP contribution in [0.25, 0.3) is 0 Å². The van der Waals surface area contributed by atoms with Crippen molar-refractivity contribution < 1.29 is 4.74 Å². The van der Waals surface area contributed by atoms with Crippen LogP contribution in [0.1, 0.15) is 73.1 Å². The molecule has 0 aromatic heterocycles. The van der Waals surface area contributed by atoms with Gasteiger partial charge in [-0.05, 0) is 44.4 Å². The largest absolute Gasteiger partial charge is 0.378 e. The van der Waals surface area contributed by atoms with Crippen LogP contribution in [0.5, 0.6) is 0 Å². The van der Waals surface area contributed by atoms with Crippen LogP contribution in [-0.2, 0) is 4.74 Å². The molecule has 20 heavy (non-hydrogen) atoms. The molecule has 0 saturated carbocycles. The van der Waals surface area contributed by atoms with Crippen molar-refractivity contribution in [2.24, 2.45) is 11.8 Å². The number of likely N-dealkylation sites (tertiary alicyclic amines) is 1.